The normalized spacial score (nSPS) is 10.3. The van der Waals surface area contributed by atoms with Gasteiger partial charge in [-0.05, 0) is 68.2 Å². The number of amides is 1. The lowest BCUT2D eigenvalue weighted by Crippen LogP contribution is -2.33. The lowest BCUT2D eigenvalue weighted by atomic mass is 10.0. The Morgan fingerprint density at radius 1 is 1.03 bits per heavy atom. The van der Waals surface area contributed by atoms with Crippen molar-refractivity contribution in [2.24, 2.45) is 0 Å². The van der Waals surface area contributed by atoms with Gasteiger partial charge in [0.2, 0.25) is 5.91 Å². The molecule has 0 aliphatic rings. The third-order valence-corrected chi connectivity index (χ3v) is 4.75. The summed E-state index contributed by atoms with van der Waals surface area (Å²) in [5.74, 6) is -0.835. The smallest absolute Gasteiger partial charge is 0.335 e. The number of carboxylic acid groups (broad SMARTS) is 1. The second kappa shape index (κ2) is 11.9. The molecule has 2 aromatic rings. The molecule has 2 aromatic carbocycles. The van der Waals surface area contributed by atoms with Crippen molar-refractivity contribution in [2.45, 2.75) is 41.0 Å². The molecule has 1 amide bonds. The Bertz CT molecular complexity index is 810. The molecule has 0 heterocycles. The van der Waals surface area contributed by atoms with Crippen molar-refractivity contribution in [3.8, 4) is 0 Å². The number of nitrogen functional groups attached to an aromatic ring is 1. The Morgan fingerprint density at radius 2 is 1.62 bits per heavy atom. The summed E-state index contributed by atoms with van der Waals surface area (Å²) in [5.41, 5.74) is 10.4. The van der Waals surface area contributed by atoms with Crippen LogP contribution in [0.5, 0.6) is 0 Å². The van der Waals surface area contributed by atoms with Gasteiger partial charge in [0, 0.05) is 11.4 Å². The zero-order chi connectivity index (χ0) is 22.0. The molecule has 6 heteroatoms. The van der Waals surface area contributed by atoms with Crippen molar-refractivity contribution in [3.63, 3.8) is 0 Å². The minimum absolute atomic E-state index is 0.0612. The van der Waals surface area contributed by atoms with Crippen molar-refractivity contribution >= 4 is 23.3 Å². The van der Waals surface area contributed by atoms with Crippen molar-refractivity contribution < 1.29 is 14.7 Å². The summed E-state index contributed by atoms with van der Waals surface area (Å²) in [7, 11) is 0. The van der Waals surface area contributed by atoms with Crippen molar-refractivity contribution in [1.29, 1.82) is 0 Å². The number of nitrogens with two attached hydrogens (primary N) is 1. The largest absolute Gasteiger partial charge is 0.478 e. The predicted molar refractivity (Wildman–Crippen MR) is 120 cm³/mol. The van der Waals surface area contributed by atoms with Gasteiger partial charge in [0.25, 0.3) is 0 Å². The molecule has 0 unspecified atom stereocenters. The number of carbonyl (C=O) groups is 2. The first-order valence-corrected chi connectivity index (χ1v) is 9.93. The summed E-state index contributed by atoms with van der Waals surface area (Å²) in [6.45, 7) is 12.3. The number of nitrogens with zero attached hydrogens (tertiary/aromatic N) is 1. The summed E-state index contributed by atoms with van der Waals surface area (Å²) in [5, 5.41) is 11.7. The lowest BCUT2D eigenvalue weighted by Gasteiger charge is -2.18. The van der Waals surface area contributed by atoms with Gasteiger partial charge in [-0.2, -0.15) is 0 Å². The number of hydrogen-bond acceptors (Lipinski definition) is 4. The van der Waals surface area contributed by atoms with Crippen molar-refractivity contribution in [1.82, 2.24) is 4.90 Å². The highest BCUT2D eigenvalue weighted by molar-refractivity contribution is 5.93. The molecule has 4 N–H and O–H groups in total. The molecule has 0 spiro atoms. The summed E-state index contributed by atoms with van der Waals surface area (Å²) in [4.78, 5) is 24.6. The number of carboxylic acids is 1. The molecular weight excluding hydrogens is 366 g/mol. The molecule has 29 heavy (non-hydrogen) atoms. The minimum atomic E-state index is -0.896. The first-order valence-electron chi connectivity index (χ1n) is 9.93. The summed E-state index contributed by atoms with van der Waals surface area (Å²) in [6, 6.07) is 10.9. The fourth-order valence-electron chi connectivity index (χ4n) is 2.96. The number of aromatic carboxylic acids is 1. The zero-order valence-electron chi connectivity index (χ0n) is 18.1. The van der Waals surface area contributed by atoms with Gasteiger partial charge in [0.15, 0.2) is 0 Å². The summed E-state index contributed by atoms with van der Waals surface area (Å²) >= 11 is 0. The number of benzene rings is 2. The van der Waals surface area contributed by atoms with Gasteiger partial charge in [-0.1, -0.05) is 39.0 Å². The third-order valence-electron chi connectivity index (χ3n) is 4.75. The minimum Gasteiger partial charge on any atom is -0.478 e. The molecule has 2 rings (SSSR count). The van der Waals surface area contributed by atoms with Crippen LogP contribution >= 0.6 is 0 Å². The fraction of sp³-hybridized carbons (Fsp3) is 0.391. The Kier molecular flexibility index (Phi) is 9.89. The maximum absolute atomic E-state index is 11.9. The lowest BCUT2D eigenvalue weighted by molar-refractivity contribution is -0.117. The van der Waals surface area contributed by atoms with Crippen LogP contribution in [0.25, 0.3) is 0 Å². The fourth-order valence-corrected chi connectivity index (χ4v) is 2.96. The van der Waals surface area contributed by atoms with Crippen LogP contribution in [0.3, 0.4) is 0 Å². The zero-order valence-corrected chi connectivity index (χ0v) is 18.1. The van der Waals surface area contributed by atoms with E-state index in [2.05, 4.69) is 24.1 Å². The van der Waals surface area contributed by atoms with Gasteiger partial charge in [-0.3, -0.25) is 9.69 Å². The monoisotopic (exact) mass is 399 g/mol. The summed E-state index contributed by atoms with van der Waals surface area (Å²) < 4.78 is 0. The molecular formula is C23H33N3O3. The van der Waals surface area contributed by atoms with E-state index in [0.717, 1.165) is 35.5 Å². The van der Waals surface area contributed by atoms with Gasteiger partial charge in [-0.25, -0.2) is 4.79 Å². The number of carbonyl (C=O) groups excluding carboxylic acids is 1. The Balaban J connectivity index is 0.000000308. The summed E-state index contributed by atoms with van der Waals surface area (Å²) in [6.07, 6.45) is 0.687. The molecule has 0 radical (unpaired) electrons. The van der Waals surface area contributed by atoms with E-state index in [1.165, 1.54) is 6.07 Å². The van der Waals surface area contributed by atoms with E-state index < -0.39 is 5.97 Å². The van der Waals surface area contributed by atoms with E-state index in [9.17, 15) is 9.59 Å². The Labute approximate surface area is 173 Å². The number of para-hydroxylation sites is 1. The Morgan fingerprint density at radius 3 is 2.10 bits per heavy atom. The van der Waals surface area contributed by atoms with E-state index in [4.69, 9.17) is 10.8 Å². The molecule has 6 nitrogen and oxygen atoms in total. The van der Waals surface area contributed by atoms with Crippen LogP contribution in [-0.4, -0.2) is 41.5 Å². The number of likely N-dealkylation sites (N-methyl/N-ethyl adjacent to an activating group) is 1. The highest BCUT2D eigenvalue weighted by Crippen LogP contribution is 2.19. The second-order valence-corrected chi connectivity index (χ2v) is 6.85. The van der Waals surface area contributed by atoms with Crippen molar-refractivity contribution in [3.05, 3.63) is 58.7 Å². The van der Waals surface area contributed by atoms with Gasteiger partial charge in [0.1, 0.15) is 0 Å². The molecule has 0 aliphatic carbocycles. The number of nitrogens with one attached hydrogen (secondary N) is 1. The first-order chi connectivity index (χ1) is 13.7. The molecule has 0 saturated carbocycles. The van der Waals surface area contributed by atoms with Crippen LogP contribution in [-0.2, 0) is 11.2 Å². The number of aryl methyl sites for hydroxylation is 3. The predicted octanol–water partition coefficient (Wildman–Crippen LogP) is 4.11. The van der Waals surface area contributed by atoms with Gasteiger partial charge in [0.05, 0.1) is 12.1 Å². The molecule has 0 fully saturated rings. The molecule has 0 saturated heterocycles. The van der Waals surface area contributed by atoms with Crippen LogP contribution < -0.4 is 11.1 Å². The number of rotatable bonds is 7. The maximum atomic E-state index is 11.9. The van der Waals surface area contributed by atoms with E-state index >= 15 is 0 Å². The highest BCUT2D eigenvalue weighted by atomic mass is 16.4. The van der Waals surface area contributed by atoms with Gasteiger partial charge < -0.3 is 16.2 Å². The molecule has 0 aliphatic heterocycles. The molecule has 158 valence electrons. The van der Waals surface area contributed by atoms with Crippen LogP contribution in [0.4, 0.5) is 11.4 Å². The van der Waals surface area contributed by atoms with Crippen LogP contribution in [0.1, 0.15) is 47.8 Å². The average molecular weight is 400 g/mol. The second-order valence-electron chi connectivity index (χ2n) is 6.85. The molecule has 0 atom stereocenters. The number of hydrogen-bond donors (Lipinski definition) is 3. The SMILES string of the molecule is CCN(CC)CC(=O)Nc1c(C)cccc1C.CCc1cc(N)ccc1C(=O)O. The van der Waals surface area contributed by atoms with Crippen molar-refractivity contribution in [2.75, 3.05) is 30.7 Å². The van der Waals surface area contributed by atoms with E-state index in [0.29, 0.717) is 24.2 Å². The third kappa shape index (κ3) is 7.58. The van der Waals surface area contributed by atoms with E-state index in [-0.39, 0.29) is 5.91 Å². The number of anilines is 2. The highest BCUT2D eigenvalue weighted by Gasteiger charge is 2.10. The van der Waals surface area contributed by atoms with E-state index in [1.54, 1.807) is 12.1 Å². The van der Waals surface area contributed by atoms with Crippen LogP contribution in [0.15, 0.2) is 36.4 Å². The van der Waals surface area contributed by atoms with Gasteiger partial charge in [-0.15, -0.1) is 0 Å². The molecule has 0 aromatic heterocycles. The quantitative estimate of drug-likeness (QED) is 0.609. The van der Waals surface area contributed by atoms with Gasteiger partial charge >= 0.3 is 5.97 Å². The standard InChI is InChI=1S/C14H22N2O.C9H11NO2/c1-5-16(6-2)10-13(17)15-14-11(3)8-7-9-12(14)4;1-2-6-5-7(10)3-4-8(6)9(11)12/h7-9H,5-6,10H2,1-4H3,(H,15,17);3-5H,2,10H2,1H3,(H,11,12). The van der Waals surface area contributed by atoms with Crippen LogP contribution in [0.2, 0.25) is 0 Å². The average Bonchev–Trinajstić information content (AvgIpc) is 2.69. The first kappa shape index (κ1) is 24.2. The topological polar surface area (TPSA) is 95.7 Å². The maximum Gasteiger partial charge on any atom is 0.335 e. The van der Waals surface area contributed by atoms with E-state index in [1.807, 2.05) is 39.0 Å². The molecule has 0 bridgehead atoms. The van der Waals surface area contributed by atoms with Crippen LogP contribution in [0, 0.1) is 13.8 Å². The Hall–Kier alpha value is -2.86.